The van der Waals surface area contributed by atoms with Gasteiger partial charge in [-0.05, 0) is 0 Å². The van der Waals surface area contributed by atoms with Crippen LogP contribution in [-0.4, -0.2) is 25.7 Å². The van der Waals surface area contributed by atoms with Gasteiger partial charge in [0.1, 0.15) is 0 Å². The molecule has 0 saturated carbocycles. The summed E-state index contributed by atoms with van der Waals surface area (Å²) >= 11 is 0. The third-order valence-corrected chi connectivity index (χ3v) is 0.482. The molecule has 0 heterocycles. The molecular weight excluding hydrogens is 133 g/mol. The second-order valence-corrected chi connectivity index (χ2v) is 1.21. The van der Waals surface area contributed by atoms with Crippen molar-refractivity contribution < 1.29 is 44.2 Å². The topological polar surface area (TPSA) is 75.4 Å². The van der Waals surface area contributed by atoms with Gasteiger partial charge < -0.3 is 20.4 Å². The fourth-order valence-electron chi connectivity index (χ4n) is 0.239. The Kier molecular flexibility index (Phi) is 11.3. The van der Waals surface area contributed by atoms with Gasteiger partial charge in [0.15, 0.2) is 0 Å². The molecule has 0 aromatic heterocycles. The van der Waals surface area contributed by atoms with Crippen molar-refractivity contribution in [1.82, 2.24) is 0 Å². The molecule has 0 aliphatic heterocycles. The molecule has 0 rings (SSSR count). The van der Waals surface area contributed by atoms with Gasteiger partial charge in [-0.15, -0.1) is 0 Å². The number of hydrogen-bond donors (Lipinski definition) is 1. The van der Waals surface area contributed by atoms with E-state index in [0.717, 1.165) is 0 Å². The first-order chi connectivity index (χ1) is 3.77. The monoisotopic (exact) mass is 141 g/mol. The Morgan fingerprint density at radius 3 is 2.56 bits per heavy atom. The van der Waals surface area contributed by atoms with E-state index >= 15 is 0 Å². The summed E-state index contributed by atoms with van der Waals surface area (Å²) in [5.41, 5.74) is 4.98. The van der Waals surface area contributed by atoms with Crippen molar-refractivity contribution in [3.8, 4) is 0 Å². The second kappa shape index (κ2) is 8.39. The number of carboxylic acids is 1. The Balaban J connectivity index is 0. The molecule has 9 heavy (non-hydrogen) atoms. The molecule has 0 atom stereocenters. The second-order valence-electron chi connectivity index (χ2n) is 1.21. The predicted molar refractivity (Wildman–Crippen MR) is 24.9 cm³/mol. The van der Waals surface area contributed by atoms with Gasteiger partial charge in [0.25, 0.3) is 0 Å². The van der Waals surface area contributed by atoms with E-state index < -0.39 is 5.97 Å². The largest absolute Gasteiger partial charge is 1.00 e. The van der Waals surface area contributed by atoms with E-state index in [-0.39, 0.29) is 42.8 Å². The smallest absolute Gasteiger partial charge is 0.548 e. The van der Waals surface area contributed by atoms with Gasteiger partial charge in [0.05, 0.1) is 19.2 Å². The average molecular weight is 141 g/mol. The van der Waals surface area contributed by atoms with Gasteiger partial charge in [-0.2, -0.15) is 0 Å². The minimum atomic E-state index is -1.21. The Labute approximate surface area is 75.7 Å². The number of carbonyl (C=O) groups is 1. The van der Waals surface area contributed by atoms with E-state index in [2.05, 4.69) is 4.74 Å². The van der Waals surface area contributed by atoms with Gasteiger partial charge in [-0.1, -0.05) is 0 Å². The fourth-order valence-corrected chi connectivity index (χ4v) is 0.239. The normalized spacial score (nSPS) is 8.11. The van der Waals surface area contributed by atoms with Crippen molar-refractivity contribution >= 4 is 5.97 Å². The molecule has 0 spiro atoms. The average Bonchev–Trinajstić information content (AvgIpc) is 1.66. The van der Waals surface area contributed by atoms with E-state index in [1.807, 2.05) is 0 Å². The molecule has 0 amide bonds. The first-order valence-electron chi connectivity index (χ1n) is 2.25. The molecule has 0 aromatic rings. The number of rotatable bonds is 4. The van der Waals surface area contributed by atoms with Crippen LogP contribution in [0.4, 0.5) is 0 Å². The number of nitrogens with two attached hydrogens (primary N) is 1. The first kappa shape index (κ1) is 12.1. The summed E-state index contributed by atoms with van der Waals surface area (Å²) in [5, 5.41) is 9.60. The summed E-state index contributed by atoms with van der Waals surface area (Å²) in [5.74, 6) is -1.21. The predicted octanol–water partition coefficient (Wildman–Crippen LogP) is -5.28. The van der Waals surface area contributed by atoms with E-state index in [1.54, 1.807) is 0 Å². The quantitative estimate of drug-likeness (QED) is 0.313. The van der Waals surface area contributed by atoms with Crippen LogP contribution in [0.3, 0.4) is 0 Å². The number of ether oxygens (including phenoxy) is 1. The summed E-state index contributed by atoms with van der Waals surface area (Å²) < 4.78 is 4.46. The fraction of sp³-hybridized carbons (Fsp3) is 0.750. The zero-order valence-electron chi connectivity index (χ0n) is 5.42. The van der Waals surface area contributed by atoms with Crippen molar-refractivity contribution in [2.75, 3.05) is 19.8 Å². The number of aliphatic carboxylic acids is 1. The van der Waals surface area contributed by atoms with Crippen molar-refractivity contribution in [2.45, 2.75) is 0 Å². The van der Waals surface area contributed by atoms with Crippen LogP contribution in [0.25, 0.3) is 0 Å². The summed E-state index contributed by atoms with van der Waals surface area (Å²) in [6.07, 6.45) is 0. The van der Waals surface area contributed by atoms with Crippen LogP contribution in [0.5, 0.6) is 0 Å². The molecule has 48 valence electrons. The van der Waals surface area contributed by atoms with E-state index in [0.29, 0.717) is 6.54 Å². The maximum atomic E-state index is 9.60. The van der Waals surface area contributed by atoms with Crippen LogP contribution in [0.15, 0.2) is 0 Å². The van der Waals surface area contributed by atoms with Gasteiger partial charge >= 0.3 is 29.6 Å². The summed E-state index contributed by atoms with van der Waals surface area (Å²) in [6, 6.07) is 0. The minimum Gasteiger partial charge on any atom is -0.548 e. The Bertz CT molecular complexity index is 78.2. The van der Waals surface area contributed by atoms with Crippen molar-refractivity contribution in [1.29, 1.82) is 0 Å². The number of hydrogen-bond acceptors (Lipinski definition) is 4. The zero-order valence-corrected chi connectivity index (χ0v) is 7.42. The molecule has 4 nitrogen and oxygen atoms in total. The Morgan fingerprint density at radius 2 is 2.22 bits per heavy atom. The molecule has 5 heteroatoms. The Morgan fingerprint density at radius 1 is 1.67 bits per heavy atom. The minimum absolute atomic E-state index is 0. The van der Waals surface area contributed by atoms with E-state index in [9.17, 15) is 9.90 Å². The molecule has 0 bridgehead atoms. The summed E-state index contributed by atoms with van der Waals surface area (Å²) in [6.45, 7) is 0.248. The maximum absolute atomic E-state index is 9.60. The third kappa shape index (κ3) is 11.8. The zero-order chi connectivity index (χ0) is 6.41. The van der Waals surface area contributed by atoms with Crippen molar-refractivity contribution in [3.05, 3.63) is 0 Å². The molecule has 0 unspecified atom stereocenters. The van der Waals surface area contributed by atoms with Crippen LogP contribution < -0.4 is 40.4 Å². The van der Waals surface area contributed by atoms with Crippen LogP contribution in [0.1, 0.15) is 0 Å². The first-order valence-corrected chi connectivity index (χ1v) is 2.25. The molecular formula is C4H8NNaO3. The number of carbonyl (C=O) groups excluding carboxylic acids is 1. The van der Waals surface area contributed by atoms with Crippen LogP contribution in [-0.2, 0) is 9.53 Å². The van der Waals surface area contributed by atoms with Crippen LogP contribution >= 0.6 is 0 Å². The SMILES string of the molecule is NCCOCC(=O)[O-].[Na+]. The molecule has 2 N–H and O–H groups in total. The van der Waals surface area contributed by atoms with Gasteiger partial charge in [-0.3, -0.25) is 0 Å². The van der Waals surface area contributed by atoms with Crippen molar-refractivity contribution in [3.63, 3.8) is 0 Å². The standard InChI is InChI=1S/C4H9NO3.Na/c5-1-2-8-3-4(6)7;/h1-3,5H2,(H,6,7);/q;+1/p-1. The van der Waals surface area contributed by atoms with Gasteiger partial charge in [-0.25, -0.2) is 0 Å². The summed E-state index contributed by atoms with van der Waals surface area (Å²) in [4.78, 5) is 9.60. The van der Waals surface area contributed by atoms with E-state index in [4.69, 9.17) is 5.73 Å². The molecule has 0 aromatic carbocycles. The third-order valence-electron chi connectivity index (χ3n) is 0.482. The van der Waals surface area contributed by atoms with E-state index in [1.165, 1.54) is 0 Å². The molecule has 0 radical (unpaired) electrons. The maximum Gasteiger partial charge on any atom is 1.00 e. The van der Waals surface area contributed by atoms with Crippen LogP contribution in [0.2, 0.25) is 0 Å². The number of carboxylic acid groups (broad SMARTS) is 1. The van der Waals surface area contributed by atoms with Gasteiger partial charge in [0, 0.05) is 6.54 Å². The van der Waals surface area contributed by atoms with Gasteiger partial charge in [0.2, 0.25) is 0 Å². The van der Waals surface area contributed by atoms with Crippen LogP contribution in [0, 0.1) is 0 Å². The Hall–Kier alpha value is 0.390. The molecule has 0 aliphatic carbocycles. The summed E-state index contributed by atoms with van der Waals surface area (Å²) in [7, 11) is 0. The van der Waals surface area contributed by atoms with Crippen molar-refractivity contribution in [2.24, 2.45) is 5.73 Å². The molecule has 0 saturated heterocycles. The molecule has 0 aliphatic rings. The molecule has 0 fully saturated rings.